The summed E-state index contributed by atoms with van der Waals surface area (Å²) in [7, 11) is 0. The Hall–Kier alpha value is -2.24. The van der Waals surface area contributed by atoms with Crippen molar-refractivity contribution in [2.75, 3.05) is 13.2 Å². The third kappa shape index (κ3) is 10.5. The van der Waals surface area contributed by atoms with Gasteiger partial charge in [-0.3, -0.25) is 9.59 Å². The van der Waals surface area contributed by atoms with E-state index in [0.717, 1.165) is 37.2 Å². The highest BCUT2D eigenvalue weighted by atomic mass is 16.5. The molecule has 6 nitrogen and oxygen atoms in total. The van der Waals surface area contributed by atoms with Crippen molar-refractivity contribution >= 4 is 11.9 Å². The lowest BCUT2D eigenvalue weighted by molar-refractivity contribution is -0.138. The first-order valence-electron chi connectivity index (χ1n) is 8.37. The maximum atomic E-state index is 10.4. The van der Waals surface area contributed by atoms with Crippen molar-refractivity contribution in [3.8, 4) is 11.5 Å². The second-order valence-electron chi connectivity index (χ2n) is 5.58. The molecule has 134 valence electrons. The number of hydrogen-bond acceptors (Lipinski definition) is 4. The molecule has 2 N–H and O–H groups in total. The number of carboxylic acids is 2. The zero-order valence-corrected chi connectivity index (χ0v) is 13.9. The van der Waals surface area contributed by atoms with Crippen molar-refractivity contribution in [1.29, 1.82) is 0 Å². The van der Waals surface area contributed by atoms with Gasteiger partial charge in [-0.15, -0.1) is 0 Å². The van der Waals surface area contributed by atoms with E-state index in [-0.39, 0.29) is 12.8 Å². The van der Waals surface area contributed by atoms with Crippen LogP contribution in [0.5, 0.6) is 11.5 Å². The number of hydrogen-bond donors (Lipinski definition) is 2. The third-order valence-electron chi connectivity index (χ3n) is 3.41. The summed E-state index contributed by atoms with van der Waals surface area (Å²) in [5, 5.41) is 17.1. The van der Waals surface area contributed by atoms with Gasteiger partial charge in [-0.1, -0.05) is 6.07 Å². The van der Waals surface area contributed by atoms with E-state index >= 15 is 0 Å². The van der Waals surface area contributed by atoms with Crippen molar-refractivity contribution in [1.82, 2.24) is 0 Å². The summed E-state index contributed by atoms with van der Waals surface area (Å²) >= 11 is 0. The summed E-state index contributed by atoms with van der Waals surface area (Å²) in [5.41, 5.74) is 0. The second-order valence-corrected chi connectivity index (χ2v) is 5.58. The summed E-state index contributed by atoms with van der Waals surface area (Å²) in [4.78, 5) is 20.8. The van der Waals surface area contributed by atoms with E-state index in [2.05, 4.69) is 0 Å². The van der Waals surface area contributed by atoms with Crippen molar-refractivity contribution in [3.63, 3.8) is 0 Å². The van der Waals surface area contributed by atoms with E-state index in [1.165, 1.54) is 0 Å². The molecule has 0 aliphatic carbocycles. The molecule has 0 fully saturated rings. The quantitative estimate of drug-likeness (QED) is 0.502. The van der Waals surface area contributed by atoms with Crippen LogP contribution >= 0.6 is 0 Å². The summed E-state index contributed by atoms with van der Waals surface area (Å²) in [5.74, 6) is -0.0549. The Morgan fingerprint density at radius 2 is 1.21 bits per heavy atom. The molecule has 0 saturated carbocycles. The molecule has 1 aromatic rings. The van der Waals surface area contributed by atoms with Crippen LogP contribution in [0.25, 0.3) is 0 Å². The fourth-order valence-electron chi connectivity index (χ4n) is 2.14. The zero-order chi connectivity index (χ0) is 17.6. The maximum absolute atomic E-state index is 10.4. The zero-order valence-electron chi connectivity index (χ0n) is 13.9. The van der Waals surface area contributed by atoms with Crippen LogP contribution in [0.15, 0.2) is 24.3 Å². The molecule has 0 aliphatic rings. The Labute approximate surface area is 142 Å². The van der Waals surface area contributed by atoms with Crippen LogP contribution in [-0.4, -0.2) is 35.4 Å². The molecule has 6 heteroatoms. The summed E-state index contributed by atoms with van der Waals surface area (Å²) < 4.78 is 11.3. The standard InChI is InChI=1S/C18H26O6/c19-17(20)10-3-1-5-12-23-15-8-7-9-16(14-15)24-13-6-2-4-11-18(21)22/h7-9,14H,1-6,10-13H2,(H,19,20)(H,21,22). The van der Waals surface area contributed by atoms with E-state index in [4.69, 9.17) is 19.7 Å². The molecule has 1 aromatic carbocycles. The first kappa shape index (κ1) is 19.8. The lowest BCUT2D eigenvalue weighted by Crippen LogP contribution is -2.01. The van der Waals surface area contributed by atoms with E-state index in [0.29, 0.717) is 26.1 Å². The molecular weight excluding hydrogens is 312 g/mol. The van der Waals surface area contributed by atoms with Crippen LogP contribution in [0.2, 0.25) is 0 Å². The number of aliphatic carboxylic acids is 2. The SMILES string of the molecule is O=C(O)CCCCCOc1cccc(OCCCCCC(=O)O)c1. The van der Waals surface area contributed by atoms with Crippen LogP contribution < -0.4 is 9.47 Å². The molecular formula is C18H26O6. The van der Waals surface area contributed by atoms with Gasteiger partial charge >= 0.3 is 11.9 Å². The number of rotatable bonds is 14. The molecule has 0 saturated heterocycles. The lowest BCUT2D eigenvalue weighted by atomic mass is 10.2. The molecule has 0 atom stereocenters. The molecule has 0 heterocycles. The van der Waals surface area contributed by atoms with Gasteiger partial charge in [0.15, 0.2) is 0 Å². The van der Waals surface area contributed by atoms with Gasteiger partial charge in [0, 0.05) is 18.9 Å². The number of benzene rings is 1. The van der Waals surface area contributed by atoms with Gasteiger partial charge in [0.1, 0.15) is 11.5 Å². The molecule has 0 aliphatic heterocycles. The van der Waals surface area contributed by atoms with Crippen LogP contribution in [0.1, 0.15) is 51.4 Å². The smallest absolute Gasteiger partial charge is 0.303 e. The second kappa shape index (κ2) is 12.2. The normalized spacial score (nSPS) is 10.3. The topological polar surface area (TPSA) is 93.1 Å². The Bertz CT molecular complexity index is 459. The highest BCUT2D eigenvalue weighted by molar-refractivity contribution is 5.66. The predicted molar refractivity (Wildman–Crippen MR) is 89.6 cm³/mol. The Morgan fingerprint density at radius 1 is 0.750 bits per heavy atom. The first-order chi connectivity index (χ1) is 11.6. The Kier molecular flexibility index (Phi) is 10.1. The minimum atomic E-state index is -0.760. The fraction of sp³-hybridized carbons (Fsp3) is 0.556. The van der Waals surface area contributed by atoms with Crippen LogP contribution in [0, 0.1) is 0 Å². The summed E-state index contributed by atoms with van der Waals surface area (Å²) in [6, 6.07) is 7.40. The Balaban J connectivity index is 2.14. The molecule has 1 rings (SSSR count). The number of carbonyl (C=O) groups is 2. The predicted octanol–water partition coefficient (Wildman–Crippen LogP) is 3.73. The number of ether oxygens (including phenoxy) is 2. The Morgan fingerprint density at radius 3 is 1.62 bits per heavy atom. The van der Waals surface area contributed by atoms with Crippen molar-refractivity contribution in [2.45, 2.75) is 51.4 Å². The van der Waals surface area contributed by atoms with Gasteiger partial charge in [-0.05, 0) is 50.7 Å². The van der Waals surface area contributed by atoms with Gasteiger partial charge in [0.25, 0.3) is 0 Å². The van der Waals surface area contributed by atoms with Crippen LogP contribution in [0.4, 0.5) is 0 Å². The van der Waals surface area contributed by atoms with E-state index < -0.39 is 11.9 Å². The average Bonchev–Trinajstić information content (AvgIpc) is 2.54. The summed E-state index contributed by atoms with van der Waals surface area (Å²) in [6.45, 7) is 1.11. The first-order valence-corrected chi connectivity index (χ1v) is 8.37. The van der Waals surface area contributed by atoms with E-state index in [1.54, 1.807) is 0 Å². The van der Waals surface area contributed by atoms with E-state index in [9.17, 15) is 9.59 Å². The summed E-state index contributed by atoms with van der Waals surface area (Å²) in [6.07, 6.45) is 5.06. The van der Waals surface area contributed by atoms with Crippen LogP contribution in [-0.2, 0) is 9.59 Å². The number of unbranched alkanes of at least 4 members (excludes halogenated alkanes) is 4. The van der Waals surface area contributed by atoms with Gasteiger partial charge in [0.2, 0.25) is 0 Å². The minimum Gasteiger partial charge on any atom is -0.493 e. The molecule has 0 spiro atoms. The maximum Gasteiger partial charge on any atom is 0.303 e. The average molecular weight is 338 g/mol. The minimum absolute atomic E-state index is 0.204. The molecule has 24 heavy (non-hydrogen) atoms. The molecule has 0 unspecified atom stereocenters. The van der Waals surface area contributed by atoms with Crippen molar-refractivity contribution in [3.05, 3.63) is 24.3 Å². The van der Waals surface area contributed by atoms with Crippen molar-refractivity contribution in [2.24, 2.45) is 0 Å². The van der Waals surface area contributed by atoms with Gasteiger partial charge in [0.05, 0.1) is 13.2 Å². The van der Waals surface area contributed by atoms with E-state index in [1.807, 2.05) is 24.3 Å². The highest BCUT2D eigenvalue weighted by Crippen LogP contribution is 2.20. The fourth-order valence-corrected chi connectivity index (χ4v) is 2.14. The van der Waals surface area contributed by atoms with Gasteiger partial charge < -0.3 is 19.7 Å². The van der Waals surface area contributed by atoms with Gasteiger partial charge in [-0.2, -0.15) is 0 Å². The largest absolute Gasteiger partial charge is 0.493 e. The molecule has 0 aromatic heterocycles. The highest BCUT2D eigenvalue weighted by Gasteiger charge is 2.01. The molecule has 0 bridgehead atoms. The third-order valence-corrected chi connectivity index (χ3v) is 3.41. The van der Waals surface area contributed by atoms with Crippen LogP contribution in [0.3, 0.4) is 0 Å². The molecule has 0 amide bonds. The lowest BCUT2D eigenvalue weighted by Gasteiger charge is -2.09. The number of carboxylic acid groups (broad SMARTS) is 2. The molecule has 0 radical (unpaired) electrons. The van der Waals surface area contributed by atoms with Gasteiger partial charge in [-0.25, -0.2) is 0 Å². The van der Waals surface area contributed by atoms with Crippen molar-refractivity contribution < 1.29 is 29.3 Å². The monoisotopic (exact) mass is 338 g/mol.